The molecule has 4 atom stereocenters. The first kappa shape index (κ1) is 16.9. The summed E-state index contributed by atoms with van der Waals surface area (Å²) in [6, 6.07) is 5.47. The summed E-state index contributed by atoms with van der Waals surface area (Å²) in [5.74, 6) is 0.270. The van der Waals surface area contributed by atoms with Gasteiger partial charge in [0.2, 0.25) is 0 Å². The Morgan fingerprint density at radius 2 is 2.12 bits per heavy atom. The van der Waals surface area contributed by atoms with E-state index in [1.807, 2.05) is 12.1 Å². The van der Waals surface area contributed by atoms with Gasteiger partial charge in [-0.05, 0) is 19.1 Å². The molecule has 4 rings (SSSR count). The molecule has 1 aliphatic rings. The average molecular weight is 357 g/mol. The lowest BCUT2D eigenvalue weighted by atomic mass is 9.96. The van der Waals surface area contributed by atoms with Crippen LogP contribution in [0.3, 0.4) is 0 Å². The van der Waals surface area contributed by atoms with Gasteiger partial charge in [-0.3, -0.25) is 4.98 Å². The number of ether oxygens (including phenoxy) is 1. The minimum absolute atomic E-state index is 0.270. The van der Waals surface area contributed by atoms with Gasteiger partial charge in [0, 0.05) is 18.0 Å². The van der Waals surface area contributed by atoms with E-state index in [0.29, 0.717) is 22.3 Å². The van der Waals surface area contributed by atoms with Crippen LogP contribution < -0.4 is 5.73 Å². The van der Waals surface area contributed by atoms with Gasteiger partial charge in [-0.25, -0.2) is 9.97 Å². The Kier molecular flexibility index (Phi) is 3.88. The summed E-state index contributed by atoms with van der Waals surface area (Å²) < 4.78 is 7.31. The maximum absolute atomic E-state index is 10.8. The van der Waals surface area contributed by atoms with Crippen molar-refractivity contribution in [2.75, 3.05) is 12.3 Å². The predicted octanol–water partition coefficient (Wildman–Crippen LogP) is 0.0771. The van der Waals surface area contributed by atoms with Crippen LogP contribution in [0.1, 0.15) is 13.2 Å². The smallest absolute Gasteiger partial charge is 0.167 e. The minimum atomic E-state index is -1.64. The van der Waals surface area contributed by atoms with E-state index in [2.05, 4.69) is 15.0 Å². The lowest BCUT2D eigenvalue weighted by Gasteiger charge is -2.27. The van der Waals surface area contributed by atoms with Crippen LogP contribution >= 0.6 is 0 Å². The molecule has 4 heterocycles. The molecule has 1 saturated heterocycles. The number of rotatable bonds is 3. The molecule has 3 aromatic rings. The van der Waals surface area contributed by atoms with Crippen molar-refractivity contribution in [3.05, 3.63) is 36.9 Å². The van der Waals surface area contributed by atoms with E-state index in [1.165, 1.54) is 13.3 Å². The van der Waals surface area contributed by atoms with Crippen molar-refractivity contribution in [3.8, 4) is 11.3 Å². The number of aliphatic hydroxyl groups is 3. The first-order chi connectivity index (χ1) is 12.4. The highest BCUT2D eigenvalue weighted by molar-refractivity contribution is 5.99. The van der Waals surface area contributed by atoms with Gasteiger partial charge in [0.05, 0.1) is 17.7 Å². The quantitative estimate of drug-likeness (QED) is 0.517. The van der Waals surface area contributed by atoms with Crippen molar-refractivity contribution in [2.45, 2.75) is 31.0 Å². The van der Waals surface area contributed by atoms with E-state index in [1.54, 1.807) is 23.0 Å². The standard InChI is InChI=1S/C17H19N5O4/c1-17(25)13(24)11(7-23)26-16(17)22-6-9(10-4-2-3-5-19-10)12-14(18)20-8-21-15(12)22/h2-6,8,11,13,16,23-25H,7H2,1H3,(H2,18,20,21)/t11?,13?,16?,17-/m1/s1. The molecule has 0 saturated carbocycles. The van der Waals surface area contributed by atoms with Gasteiger partial charge >= 0.3 is 0 Å². The molecule has 0 radical (unpaired) electrons. The first-order valence-electron chi connectivity index (χ1n) is 8.14. The summed E-state index contributed by atoms with van der Waals surface area (Å²) in [6.07, 6.45) is 1.55. The van der Waals surface area contributed by atoms with Crippen LogP contribution in [0.2, 0.25) is 0 Å². The number of aromatic nitrogens is 4. The number of fused-ring (bicyclic) bond motifs is 1. The zero-order valence-corrected chi connectivity index (χ0v) is 14.0. The van der Waals surface area contributed by atoms with Gasteiger partial charge in [0.1, 0.15) is 35.6 Å². The van der Waals surface area contributed by atoms with Crippen LogP contribution in [0.5, 0.6) is 0 Å². The summed E-state index contributed by atoms with van der Waals surface area (Å²) in [6.45, 7) is 1.03. The Balaban J connectivity index is 1.94. The maximum Gasteiger partial charge on any atom is 0.167 e. The normalized spacial score (nSPS) is 28.7. The van der Waals surface area contributed by atoms with Crippen molar-refractivity contribution in [3.63, 3.8) is 0 Å². The lowest BCUT2D eigenvalue weighted by molar-refractivity contribution is -0.0948. The predicted molar refractivity (Wildman–Crippen MR) is 92.8 cm³/mol. The molecule has 0 aromatic carbocycles. The largest absolute Gasteiger partial charge is 0.394 e. The monoisotopic (exact) mass is 357 g/mol. The number of pyridine rings is 1. The maximum atomic E-state index is 10.8. The minimum Gasteiger partial charge on any atom is -0.394 e. The Labute approximate surface area is 148 Å². The Hall–Kier alpha value is -2.59. The molecule has 3 unspecified atom stereocenters. The fourth-order valence-electron chi connectivity index (χ4n) is 3.39. The molecule has 5 N–H and O–H groups in total. The van der Waals surface area contributed by atoms with Crippen molar-refractivity contribution in [2.24, 2.45) is 0 Å². The van der Waals surface area contributed by atoms with Crippen molar-refractivity contribution < 1.29 is 20.1 Å². The molecule has 0 amide bonds. The molecule has 1 fully saturated rings. The highest BCUT2D eigenvalue weighted by Crippen LogP contribution is 2.42. The number of nitrogen functional groups attached to an aromatic ring is 1. The molecule has 0 aliphatic carbocycles. The van der Waals surface area contributed by atoms with Gasteiger partial charge < -0.3 is 30.4 Å². The Bertz CT molecular complexity index is 943. The molecule has 1 aliphatic heterocycles. The summed E-state index contributed by atoms with van der Waals surface area (Å²) in [7, 11) is 0. The number of hydrogen-bond donors (Lipinski definition) is 4. The van der Waals surface area contributed by atoms with Crippen LogP contribution in [-0.2, 0) is 4.74 Å². The third kappa shape index (κ3) is 2.36. The zero-order valence-electron chi connectivity index (χ0n) is 14.0. The molecule has 26 heavy (non-hydrogen) atoms. The number of anilines is 1. The molecule has 3 aromatic heterocycles. The lowest BCUT2D eigenvalue weighted by Crippen LogP contribution is -2.44. The molecule has 0 bridgehead atoms. The summed E-state index contributed by atoms with van der Waals surface area (Å²) in [5, 5.41) is 31.1. The van der Waals surface area contributed by atoms with Gasteiger partial charge in [0.15, 0.2) is 6.23 Å². The van der Waals surface area contributed by atoms with Crippen molar-refractivity contribution >= 4 is 16.9 Å². The second kappa shape index (κ2) is 5.99. The average Bonchev–Trinajstić information content (AvgIpc) is 3.13. The second-order valence-electron chi connectivity index (χ2n) is 6.50. The summed E-state index contributed by atoms with van der Waals surface area (Å²) in [4.78, 5) is 12.7. The molecule has 9 heteroatoms. The molecule has 136 valence electrons. The molecular weight excluding hydrogens is 338 g/mol. The van der Waals surface area contributed by atoms with E-state index in [0.717, 1.165) is 0 Å². The van der Waals surface area contributed by atoms with E-state index >= 15 is 0 Å². The van der Waals surface area contributed by atoms with E-state index in [9.17, 15) is 15.3 Å². The van der Waals surface area contributed by atoms with Gasteiger partial charge in [-0.2, -0.15) is 0 Å². The number of nitrogens with two attached hydrogens (primary N) is 1. The van der Waals surface area contributed by atoms with Crippen LogP contribution in [0.4, 0.5) is 5.82 Å². The van der Waals surface area contributed by atoms with Gasteiger partial charge in [0.25, 0.3) is 0 Å². The SMILES string of the molecule is C[C@@]1(O)C(O)C(CO)OC1n1cc(-c2ccccn2)c2c(N)ncnc21. The molecule has 9 nitrogen and oxygen atoms in total. The Morgan fingerprint density at radius 3 is 2.77 bits per heavy atom. The van der Waals surface area contributed by atoms with Crippen LogP contribution in [-0.4, -0.2) is 59.3 Å². The van der Waals surface area contributed by atoms with E-state index < -0.39 is 30.6 Å². The van der Waals surface area contributed by atoms with Gasteiger partial charge in [-0.1, -0.05) is 6.07 Å². The zero-order chi connectivity index (χ0) is 18.5. The summed E-state index contributed by atoms with van der Waals surface area (Å²) >= 11 is 0. The number of aliphatic hydroxyl groups excluding tert-OH is 2. The number of hydrogen-bond acceptors (Lipinski definition) is 8. The second-order valence-corrected chi connectivity index (χ2v) is 6.50. The summed E-state index contributed by atoms with van der Waals surface area (Å²) in [5.41, 5.74) is 6.21. The van der Waals surface area contributed by atoms with Crippen molar-refractivity contribution in [1.82, 2.24) is 19.5 Å². The van der Waals surface area contributed by atoms with Crippen LogP contribution in [0, 0.1) is 0 Å². The van der Waals surface area contributed by atoms with Crippen molar-refractivity contribution in [1.29, 1.82) is 0 Å². The Morgan fingerprint density at radius 1 is 1.31 bits per heavy atom. The number of nitrogens with zero attached hydrogens (tertiary/aromatic N) is 4. The third-order valence-corrected chi connectivity index (χ3v) is 4.77. The topological polar surface area (TPSA) is 140 Å². The highest BCUT2D eigenvalue weighted by Gasteiger charge is 2.53. The van der Waals surface area contributed by atoms with Gasteiger partial charge in [-0.15, -0.1) is 0 Å². The van der Waals surface area contributed by atoms with E-state index in [-0.39, 0.29) is 5.82 Å². The molecular formula is C17H19N5O4. The third-order valence-electron chi connectivity index (χ3n) is 4.77. The molecule has 0 spiro atoms. The van der Waals surface area contributed by atoms with Crippen LogP contribution in [0.25, 0.3) is 22.3 Å². The van der Waals surface area contributed by atoms with Crippen LogP contribution in [0.15, 0.2) is 36.9 Å². The fourth-order valence-corrected chi connectivity index (χ4v) is 3.39. The van der Waals surface area contributed by atoms with E-state index in [4.69, 9.17) is 10.5 Å². The highest BCUT2D eigenvalue weighted by atomic mass is 16.6. The fraction of sp³-hybridized carbons (Fsp3) is 0.353. The first-order valence-corrected chi connectivity index (χ1v) is 8.14.